The number of rotatable bonds is 5. The highest BCUT2D eigenvalue weighted by Crippen LogP contribution is 2.12. The van der Waals surface area contributed by atoms with Crippen LogP contribution in [0.4, 0.5) is 0 Å². The van der Waals surface area contributed by atoms with Crippen molar-refractivity contribution >= 4 is 22.8 Å². The summed E-state index contributed by atoms with van der Waals surface area (Å²) in [4.78, 5) is 35.8. The molecule has 1 aromatic heterocycles. The second-order valence-electron chi connectivity index (χ2n) is 4.97. The third kappa shape index (κ3) is 3.52. The summed E-state index contributed by atoms with van der Waals surface area (Å²) in [5.41, 5.74) is -0.427. The lowest BCUT2D eigenvalue weighted by Gasteiger charge is -2.13. The number of fused-ring (bicyclic) bond motifs is 1. The first-order chi connectivity index (χ1) is 10.5. The third-order valence-corrected chi connectivity index (χ3v) is 3.18. The Morgan fingerprint density at radius 1 is 1.27 bits per heavy atom. The predicted octanol–water partition coefficient (Wildman–Crippen LogP) is 1.44. The van der Waals surface area contributed by atoms with Gasteiger partial charge in [0.15, 0.2) is 0 Å². The first kappa shape index (κ1) is 15.8. The maximum Gasteiger partial charge on any atom is 0.349 e. The van der Waals surface area contributed by atoms with E-state index in [0.717, 1.165) is 6.42 Å². The number of hydrogen-bond acceptors (Lipinski definition) is 4. The fourth-order valence-corrected chi connectivity index (χ4v) is 1.96. The summed E-state index contributed by atoms with van der Waals surface area (Å²) >= 11 is 0. The zero-order valence-corrected chi connectivity index (χ0v) is 12.5. The van der Waals surface area contributed by atoms with E-state index in [1.54, 1.807) is 31.2 Å². The zero-order chi connectivity index (χ0) is 16.1. The molecule has 0 spiro atoms. The molecule has 0 aliphatic carbocycles. The Balaban J connectivity index is 2.17. The van der Waals surface area contributed by atoms with Gasteiger partial charge in [-0.25, -0.2) is 4.79 Å². The molecule has 0 aliphatic heterocycles. The van der Waals surface area contributed by atoms with Crippen LogP contribution in [0.15, 0.2) is 39.5 Å². The lowest BCUT2D eigenvalue weighted by atomic mass is 10.1. The van der Waals surface area contributed by atoms with Crippen LogP contribution >= 0.6 is 0 Å². The first-order valence-corrected chi connectivity index (χ1v) is 7.14. The van der Waals surface area contributed by atoms with Crippen molar-refractivity contribution in [3.05, 3.63) is 46.3 Å². The van der Waals surface area contributed by atoms with Crippen LogP contribution in [0.3, 0.4) is 0 Å². The van der Waals surface area contributed by atoms with E-state index in [1.807, 2.05) is 6.92 Å². The molecule has 2 aromatic rings. The van der Waals surface area contributed by atoms with Crippen LogP contribution in [-0.4, -0.2) is 24.4 Å². The van der Waals surface area contributed by atoms with Crippen molar-refractivity contribution in [2.24, 2.45) is 0 Å². The fourth-order valence-electron chi connectivity index (χ4n) is 1.96. The highest BCUT2D eigenvalue weighted by atomic mass is 16.4. The van der Waals surface area contributed by atoms with Gasteiger partial charge in [-0.05, 0) is 25.5 Å². The summed E-state index contributed by atoms with van der Waals surface area (Å²) in [5.74, 6) is -0.918. The van der Waals surface area contributed by atoms with Gasteiger partial charge >= 0.3 is 5.63 Å². The molecule has 2 N–H and O–H groups in total. The van der Waals surface area contributed by atoms with Gasteiger partial charge in [-0.1, -0.05) is 25.1 Å². The van der Waals surface area contributed by atoms with E-state index in [-0.39, 0.29) is 11.5 Å². The minimum Gasteiger partial charge on any atom is -0.422 e. The number of benzene rings is 1. The van der Waals surface area contributed by atoms with Crippen LogP contribution in [0.25, 0.3) is 11.0 Å². The molecule has 0 fully saturated rings. The molecule has 1 atom stereocenters. The Bertz CT molecular complexity index is 751. The Morgan fingerprint density at radius 3 is 2.73 bits per heavy atom. The number of carbonyl (C=O) groups excluding carboxylic acids is 2. The summed E-state index contributed by atoms with van der Waals surface area (Å²) in [6.07, 6.45) is 0.806. The SMILES string of the molecule is CCCNC(=O)[C@@H](C)NC(=O)c1cc2ccccc2oc1=O. The molecule has 0 radical (unpaired) electrons. The van der Waals surface area contributed by atoms with E-state index in [2.05, 4.69) is 10.6 Å². The maximum absolute atomic E-state index is 12.1. The average molecular weight is 302 g/mol. The Morgan fingerprint density at radius 2 is 2.00 bits per heavy atom. The van der Waals surface area contributed by atoms with E-state index in [4.69, 9.17) is 4.42 Å². The molecule has 0 bridgehead atoms. The molecule has 1 aromatic carbocycles. The summed E-state index contributed by atoms with van der Waals surface area (Å²) in [6.45, 7) is 4.03. The van der Waals surface area contributed by atoms with Crippen LogP contribution in [0.1, 0.15) is 30.6 Å². The molecule has 1 heterocycles. The fraction of sp³-hybridized carbons (Fsp3) is 0.312. The molecule has 0 saturated carbocycles. The van der Waals surface area contributed by atoms with Crippen LogP contribution < -0.4 is 16.3 Å². The normalized spacial score (nSPS) is 11.9. The molecule has 6 heteroatoms. The van der Waals surface area contributed by atoms with Crippen molar-refractivity contribution in [1.29, 1.82) is 0 Å². The number of hydrogen-bond donors (Lipinski definition) is 2. The number of nitrogens with one attached hydrogen (secondary N) is 2. The van der Waals surface area contributed by atoms with Crippen molar-refractivity contribution in [3.8, 4) is 0 Å². The van der Waals surface area contributed by atoms with E-state index < -0.39 is 17.6 Å². The van der Waals surface area contributed by atoms with Crippen molar-refractivity contribution < 1.29 is 14.0 Å². The monoisotopic (exact) mass is 302 g/mol. The van der Waals surface area contributed by atoms with Gasteiger partial charge in [0.05, 0.1) is 0 Å². The summed E-state index contributed by atoms with van der Waals surface area (Å²) in [7, 11) is 0. The van der Waals surface area contributed by atoms with Crippen molar-refractivity contribution in [1.82, 2.24) is 10.6 Å². The van der Waals surface area contributed by atoms with E-state index in [9.17, 15) is 14.4 Å². The topological polar surface area (TPSA) is 88.4 Å². The highest BCUT2D eigenvalue weighted by molar-refractivity contribution is 5.99. The summed E-state index contributed by atoms with van der Waals surface area (Å²) in [5, 5.41) is 5.83. The van der Waals surface area contributed by atoms with Crippen molar-refractivity contribution in [2.45, 2.75) is 26.3 Å². The number of amides is 2. The Labute approximate surface area is 127 Å². The molecule has 0 unspecified atom stereocenters. The molecule has 22 heavy (non-hydrogen) atoms. The minimum atomic E-state index is -0.732. The predicted molar refractivity (Wildman–Crippen MR) is 82.7 cm³/mol. The molecular weight excluding hydrogens is 284 g/mol. The van der Waals surface area contributed by atoms with Gasteiger partial charge in [-0.3, -0.25) is 9.59 Å². The van der Waals surface area contributed by atoms with Crippen LogP contribution in [-0.2, 0) is 4.79 Å². The Hall–Kier alpha value is -2.63. The summed E-state index contributed by atoms with van der Waals surface area (Å²) in [6, 6.07) is 7.65. The molecular formula is C16H18N2O4. The number of para-hydroxylation sites is 1. The first-order valence-electron chi connectivity index (χ1n) is 7.14. The quantitative estimate of drug-likeness (QED) is 0.818. The maximum atomic E-state index is 12.1. The second-order valence-corrected chi connectivity index (χ2v) is 4.97. The smallest absolute Gasteiger partial charge is 0.349 e. The van der Waals surface area contributed by atoms with Crippen LogP contribution in [0.2, 0.25) is 0 Å². The molecule has 2 rings (SSSR count). The third-order valence-electron chi connectivity index (χ3n) is 3.18. The lowest BCUT2D eigenvalue weighted by Crippen LogP contribution is -2.45. The van der Waals surface area contributed by atoms with Gasteiger partial charge in [-0.15, -0.1) is 0 Å². The van der Waals surface area contributed by atoms with Gasteiger partial charge in [0, 0.05) is 11.9 Å². The zero-order valence-electron chi connectivity index (χ0n) is 12.5. The molecule has 0 saturated heterocycles. The largest absolute Gasteiger partial charge is 0.422 e. The molecule has 2 amide bonds. The van der Waals surface area contributed by atoms with Crippen LogP contribution in [0.5, 0.6) is 0 Å². The van der Waals surface area contributed by atoms with E-state index in [0.29, 0.717) is 17.5 Å². The lowest BCUT2D eigenvalue weighted by molar-refractivity contribution is -0.122. The van der Waals surface area contributed by atoms with Gasteiger partial charge < -0.3 is 15.1 Å². The number of carbonyl (C=O) groups is 2. The van der Waals surface area contributed by atoms with E-state index in [1.165, 1.54) is 6.07 Å². The van der Waals surface area contributed by atoms with Gasteiger partial charge in [0.2, 0.25) is 5.91 Å². The van der Waals surface area contributed by atoms with Crippen molar-refractivity contribution in [3.63, 3.8) is 0 Å². The van der Waals surface area contributed by atoms with Crippen LogP contribution in [0, 0.1) is 0 Å². The van der Waals surface area contributed by atoms with Gasteiger partial charge in [0.1, 0.15) is 17.2 Å². The Kier molecular flexibility index (Phi) is 4.93. The van der Waals surface area contributed by atoms with E-state index >= 15 is 0 Å². The van der Waals surface area contributed by atoms with Gasteiger partial charge in [-0.2, -0.15) is 0 Å². The minimum absolute atomic E-state index is 0.117. The standard InChI is InChI=1S/C16H18N2O4/c1-3-8-17-14(19)10(2)18-15(20)12-9-11-6-4-5-7-13(11)22-16(12)21/h4-7,9-10H,3,8H2,1-2H3,(H,17,19)(H,18,20)/t10-/m1/s1. The molecule has 116 valence electrons. The average Bonchev–Trinajstić information content (AvgIpc) is 2.51. The second kappa shape index (κ2) is 6.89. The molecule has 6 nitrogen and oxygen atoms in total. The molecule has 0 aliphatic rings. The van der Waals surface area contributed by atoms with Gasteiger partial charge in [0.25, 0.3) is 5.91 Å². The highest BCUT2D eigenvalue weighted by Gasteiger charge is 2.19. The summed E-state index contributed by atoms with van der Waals surface area (Å²) < 4.78 is 5.10. The van der Waals surface area contributed by atoms with Crippen molar-refractivity contribution in [2.75, 3.05) is 6.54 Å².